The van der Waals surface area contributed by atoms with Gasteiger partial charge in [0.2, 0.25) is 5.75 Å². The van der Waals surface area contributed by atoms with Crippen molar-refractivity contribution in [3.8, 4) is 17.2 Å². The number of carboxylic acids is 1. The van der Waals surface area contributed by atoms with Gasteiger partial charge in [-0.3, -0.25) is 4.89 Å². The number of aromatic carboxylic acids is 1. The highest BCUT2D eigenvalue weighted by Crippen LogP contribution is 2.58. The SMILES string of the molecule is O=C(O)c1cc(O)c2c(c1)OP(=O)(O)O2. The Morgan fingerprint density at radius 2 is 2.00 bits per heavy atom. The molecule has 1 unspecified atom stereocenters. The van der Waals surface area contributed by atoms with Crippen LogP contribution in [0.1, 0.15) is 10.4 Å². The van der Waals surface area contributed by atoms with Crippen LogP contribution in [0.3, 0.4) is 0 Å². The second-order valence-electron chi connectivity index (χ2n) is 2.78. The minimum absolute atomic E-state index is 0.266. The molecule has 1 aliphatic heterocycles. The van der Waals surface area contributed by atoms with Gasteiger partial charge in [-0.1, -0.05) is 0 Å². The van der Waals surface area contributed by atoms with Crippen molar-refractivity contribution in [2.45, 2.75) is 0 Å². The maximum Gasteiger partial charge on any atom is 0.585 e. The molecule has 1 atom stereocenters. The van der Waals surface area contributed by atoms with Crippen LogP contribution in [-0.4, -0.2) is 21.1 Å². The molecule has 1 aromatic carbocycles. The van der Waals surface area contributed by atoms with Crippen LogP contribution in [0.5, 0.6) is 17.2 Å². The minimum atomic E-state index is -4.26. The summed E-state index contributed by atoms with van der Waals surface area (Å²) in [6, 6.07) is 1.89. The molecule has 1 aliphatic rings. The van der Waals surface area contributed by atoms with Crippen LogP contribution in [0.4, 0.5) is 0 Å². The summed E-state index contributed by atoms with van der Waals surface area (Å²) >= 11 is 0. The molecular formula is C7H5O7P. The summed E-state index contributed by atoms with van der Waals surface area (Å²) in [4.78, 5) is 19.5. The zero-order valence-corrected chi connectivity index (χ0v) is 7.97. The summed E-state index contributed by atoms with van der Waals surface area (Å²) in [6.07, 6.45) is 0. The fourth-order valence-electron chi connectivity index (χ4n) is 1.13. The fraction of sp³-hybridized carbons (Fsp3) is 0. The molecule has 15 heavy (non-hydrogen) atoms. The standard InChI is InChI=1S/C7H5O7P/c8-4-1-3(7(9)10)2-5-6(4)14-15(11,12)13-5/h1-2,8H,(H,9,10)(H,11,12). The zero-order valence-electron chi connectivity index (χ0n) is 7.08. The number of benzene rings is 1. The van der Waals surface area contributed by atoms with Crippen molar-refractivity contribution < 1.29 is 33.5 Å². The van der Waals surface area contributed by atoms with E-state index in [0.717, 1.165) is 12.1 Å². The summed E-state index contributed by atoms with van der Waals surface area (Å²) in [7, 11) is -4.26. The van der Waals surface area contributed by atoms with Gasteiger partial charge in [-0.25, -0.2) is 9.36 Å². The summed E-state index contributed by atoms with van der Waals surface area (Å²) in [6.45, 7) is 0. The van der Waals surface area contributed by atoms with Gasteiger partial charge in [0.05, 0.1) is 5.56 Å². The number of phosphoric ester groups is 1. The van der Waals surface area contributed by atoms with E-state index in [-0.39, 0.29) is 17.1 Å². The highest BCUT2D eigenvalue weighted by atomic mass is 31.2. The van der Waals surface area contributed by atoms with Crippen molar-refractivity contribution in [1.29, 1.82) is 0 Å². The lowest BCUT2D eigenvalue weighted by atomic mass is 10.2. The van der Waals surface area contributed by atoms with E-state index in [0.29, 0.717) is 0 Å². The van der Waals surface area contributed by atoms with Gasteiger partial charge in [-0.2, -0.15) is 0 Å². The van der Waals surface area contributed by atoms with E-state index in [1.54, 1.807) is 0 Å². The Bertz CT molecular complexity index is 494. The second-order valence-corrected chi connectivity index (χ2v) is 4.08. The van der Waals surface area contributed by atoms with Gasteiger partial charge >= 0.3 is 13.8 Å². The number of carboxylic acid groups (broad SMARTS) is 1. The lowest BCUT2D eigenvalue weighted by molar-refractivity contribution is 0.0696. The topological polar surface area (TPSA) is 113 Å². The van der Waals surface area contributed by atoms with Crippen molar-refractivity contribution in [2.75, 3.05) is 0 Å². The predicted molar refractivity (Wildman–Crippen MR) is 46.1 cm³/mol. The largest absolute Gasteiger partial charge is 0.585 e. The minimum Gasteiger partial charge on any atom is -0.504 e. The highest BCUT2D eigenvalue weighted by molar-refractivity contribution is 7.48. The van der Waals surface area contributed by atoms with Crippen LogP contribution in [0.15, 0.2) is 12.1 Å². The molecule has 2 rings (SSSR count). The summed E-state index contributed by atoms with van der Waals surface area (Å²) in [5.41, 5.74) is -0.267. The Morgan fingerprint density at radius 3 is 2.60 bits per heavy atom. The molecule has 0 radical (unpaired) electrons. The molecule has 1 heterocycles. The van der Waals surface area contributed by atoms with Gasteiger partial charge in [0.25, 0.3) is 0 Å². The normalized spacial score (nSPS) is 22.7. The maximum atomic E-state index is 11.0. The van der Waals surface area contributed by atoms with Gasteiger partial charge in [0, 0.05) is 0 Å². The number of rotatable bonds is 1. The number of fused-ring (bicyclic) bond motifs is 1. The Morgan fingerprint density at radius 1 is 1.33 bits per heavy atom. The van der Waals surface area contributed by atoms with Crippen molar-refractivity contribution in [3.63, 3.8) is 0 Å². The van der Waals surface area contributed by atoms with E-state index in [1.807, 2.05) is 0 Å². The molecule has 0 saturated heterocycles. The van der Waals surface area contributed by atoms with Gasteiger partial charge in [0.1, 0.15) is 0 Å². The first kappa shape index (κ1) is 9.82. The van der Waals surface area contributed by atoms with Gasteiger partial charge in [-0.05, 0) is 12.1 Å². The monoisotopic (exact) mass is 232 g/mol. The molecule has 0 saturated carbocycles. The molecular weight excluding hydrogens is 227 g/mol. The van der Waals surface area contributed by atoms with Gasteiger partial charge in [0.15, 0.2) is 11.5 Å². The molecule has 0 amide bonds. The quantitative estimate of drug-likeness (QED) is 0.618. The van der Waals surface area contributed by atoms with Gasteiger partial charge < -0.3 is 19.3 Å². The average molecular weight is 232 g/mol. The first-order valence-corrected chi connectivity index (χ1v) is 5.21. The molecule has 0 aromatic heterocycles. The number of aromatic hydroxyl groups is 1. The van der Waals surface area contributed by atoms with Crippen LogP contribution in [0.2, 0.25) is 0 Å². The van der Waals surface area contributed by atoms with Crippen molar-refractivity contribution in [1.82, 2.24) is 0 Å². The summed E-state index contributed by atoms with van der Waals surface area (Å²) < 4.78 is 19.8. The predicted octanol–water partition coefficient (Wildman–Crippen LogP) is 0.962. The van der Waals surface area contributed by atoms with E-state index in [1.165, 1.54) is 0 Å². The van der Waals surface area contributed by atoms with E-state index in [4.69, 9.17) is 10.00 Å². The third-order valence-corrected chi connectivity index (χ3v) is 2.54. The van der Waals surface area contributed by atoms with E-state index in [9.17, 15) is 14.5 Å². The number of hydrogen-bond acceptors (Lipinski definition) is 5. The summed E-state index contributed by atoms with van der Waals surface area (Å²) in [5, 5.41) is 17.9. The molecule has 0 bridgehead atoms. The molecule has 80 valence electrons. The Balaban J connectivity index is 2.56. The average Bonchev–Trinajstić information content (AvgIpc) is 2.39. The Kier molecular flexibility index (Phi) is 1.89. The first-order chi connectivity index (χ1) is 6.89. The van der Waals surface area contributed by atoms with E-state index >= 15 is 0 Å². The molecule has 0 aliphatic carbocycles. The maximum absolute atomic E-state index is 11.0. The highest BCUT2D eigenvalue weighted by Gasteiger charge is 2.37. The lowest BCUT2D eigenvalue weighted by Crippen LogP contribution is -1.95. The number of phenolic OH excluding ortho intramolecular Hbond substituents is 1. The van der Waals surface area contributed by atoms with Crippen LogP contribution in [-0.2, 0) is 4.57 Å². The van der Waals surface area contributed by atoms with Crippen LogP contribution >= 0.6 is 7.82 Å². The number of phosphoric acid groups is 1. The van der Waals surface area contributed by atoms with Crippen molar-refractivity contribution in [2.24, 2.45) is 0 Å². The van der Waals surface area contributed by atoms with E-state index < -0.39 is 19.5 Å². The number of carbonyl (C=O) groups is 1. The Hall–Kier alpha value is -1.72. The first-order valence-electron chi connectivity index (χ1n) is 3.71. The van der Waals surface area contributed by atoms with Gasteiger partial charge in [-0.15, -0.1) is 0 Å². The molecule has 0 spiro atoms. The number of hydrogen-bond donors (Lipinski definition) is 3. The van der Waals surface area contributed by atoms with E-state index in [2.05, 4.69) is 9.05 Å². The third kappa shape index (κ3) is 1.62. The molecule has 7 nitrogen and oxygen atoms in total. The van der Waals surface area contributed by atoms with Crippen LogP contribution in [0.25, 0.3) is 0 Å². The molecule has 8 heteroatoms. The third-order valence-electron chi connectivity index (χ3n) is 1.70. The smallest absolute Gasteiger partial charge is 0.504 e. The molecule has 0 fully saturated rings. The number of phenols is 1. The Labute approximate surface area is 83.1 Å². The zero-order chi connectivity index (χ0) is 11.2. The second kappa shape index (κ2) is 2.88. The summed E-state index contributed by atoms with van der Waals surface area (Å²) in [5.74, 6) is -2.45. The van der Waals surface area contributed by atoms with Crippen molar-refractivity contribution in [3.05, 3.63) is 17.7 Å². The molecule has 1 aromatic rings. The fourth-order valence-corrected chi connectivity index (χ4v) is 1.96. The lowest BCUT2D eigenvalue weighted by Gasteiger charge is -1.99. The van der Waals surface area contributed by atoms with Crippen LogP contribution in [0, 0.1) is 0 Å². The van der Waals surface area contributed by atoms with Crippen LogP contribution < -0.4 is 9.05 Å². The molecule has 3 N–H and O–H groups in total. The van der Waals surface area contributed by atoms with Crippen molar-refractivity contribution >= 4 is 13.8 Å².